The summed E-state index contributed by atoms with van der Waals surface area (Å²) >= 11 is 0. The van der Waals surface area contributed by atoms with Gasteiger partial charge < -0.3 is 10.5 Å². The minimum Gasteiger partial charge on any atom is -0.492 e. The Morgan fingerprint density at radius 3 is 2.65 bits per heavy atom. The highest BCUT2D eigenvalue weighted by molar-refractivity contribution is 7.93. The minimum absolute atomic E-state index is 0.0309. The highest BCUT2D eigenvalue weighted by Crippen LogP contribution is 2.31. The Morgan fingerprint density at radius 2 is 1.92 bits per heavy atom. The number of pyridine rings is 1. The van der Waals surface area contributed by atoms with Crippen LogP contribution in [0.15, 0.2) is 59.6 Å². The summed E-state index contributed by atoms with van der Waals surface area (Å²) < 4.78 is 33.8. The van der Waals surface area contributed by atoms with Gasteiger partial charge >= 0.3 is 0 Å². The molecular formula is C18H17N3O4S. The number of carbonyl (C=O) groups is 1. The molecule has 0 saturated carbocycles. The van der Waals surface area contributed by atoms with Crippen molar-refractivity contribution in [1.82, 2.24) is 4.98 Å². The Kier molecular flexibility index (Phi) is 4.77. The molecule has 8 heteroatoms. The Hall–Kier alpha value is -3.13. The van der Waals surface area contributed by atoms with Crippen LogP contribution in [0.1, 0.15) is 17.3 Å². The van der Waals surface area contributed by atoms with Crippen molar-refractivity contribution in [3.05, 3.63) is 60.3 Å². The quantitative estimate of drug-likeness (QED) is 0.692. The standard InChI is InChI=1S/C18H17N3O4S/c1-2-25-15-9-10-16(13-7-5-11-20-17(13)15)26(23,24)21-14-8-4-3-6-12(14)18(19)22/h3-11,21H,2H2,1H3,(H2,19,22). The molecule has 1 amide bonds. The number of nitrogens with one attached hydrogen (secondary N) is 1. The van der Waals surface area contributed by atoms with Gasteiger partial charge in [0.2, 0.25) is 0 Å². The summed E-state index contributed by atoms with van der Waals surface area (Å²) in [5.41, 5.74) is 5.96. The molecule has 1 aromatic heterocycles. The molecule has 1 heterocycles. The van der Waals surface area contributed by atoms with Crippen LogP contribution in [-0.4, -0.2) is 25.9 Å². The molecule has 0 unspecified atom stereocenters. The minimum atomic E-state index is -3.98. The van der Waals surface area contributed by atoms with E-state index in [9.17, 15) is 13.2 Å². The molecule has 0 aliphatic rings. The summed E-state index contributed by atoms with van der Waals surface area (Å²) in [7, 11) is -3.98. The van der Waals surface area contributed by atoms with Crippen LogP contribution in [0.5, 0.6) is 5.75 Å². The number of sulfonamides is 1. The number of rotatable bonds is 6. The first-order chi connectivity index (χ1) is 12.4. The number of hydrogen-bond acceptors (Lipinski definition) is 5. The van der Waals surface area contributed by atoms with Crippen LogP contribution in [0.4, 0.5) is 5.69 Å². The average Bonchev–Trinajstić information content (AvgIpc) is 2.62. The van der Waals surface area contributed by atoms with Crippen molar-refractivity contribution in [1.29, 1.82) is 0 Å². The Balaban J connectivity index is 2.12. The highest BCUT2D eigenvalue weighted by Gasteiger charge is 2.21. The van der Waals surface area contributed by atoms with Gasteiger partial charge in [-0.3, -0.25) is 14.5 Å². The maximum absolute atomic E-state index is 12.9. The molecule has 2 aromatic carbocycles. The molecule has 3 rings (SSSR count). The fraction of sp³-hybridized carbons (Fsp3) is 0.111. The van der Waals surface area contributed by atoms with E-state index in [-0.39, 0.29) is 16.1 Å². The average molecular weight is 371 g/mol. The zero-order valence-corrected chi connectivity index (χ0v) is 14.8. The van der Waals surface area contributed by atoms with Gasteiger partial charge in [0.15, 0.2) is 0 Å². The van der Waals surface area contributed by atoms with E-state index < -0.39 is 15.9 Å². The van der Waals surface area contributed by atoms with Crippen LogP contribution in [0, 0.1) is 0 Å². The highest BCUT2D eigenvalue weighted by atomic mass is 32.2. The lowest BCUT2D eigenvalue weighted by atomic mass is 10.2. The second-order valence-electron chi connectivity index (χ2n) is 5.41. The van der Waals surface area contributed by atoms with Crippen molar-refractivity contribution in [3.8, 4) is 5.75 Å². The van der Waals surface area contributed by atoms with Crippen LogP contribution in [0.25, 0.3) is 10.9 Å². The molecule has 0 aliphatic heterocycles. The third-order valence-corrected chi connectivity index (χ3v) is 5.14. The molecule has 0 fully saturated rings. The van der Waals surface area contributed by atoms with Crippen molar-refractivity contribution in [3.63, 3.8) is 0 Å². The van der Waals surface area contributed by atoms with E-state index in [0.29, 0.717) is 23.3 Å². The lowest BCUT2D eigenvalue weighted by Crippen LogP contribution is -2.19. The Labute approximate surface area is 150 Å². The first-order valence-corrected chi connectivity index (χ1v) is 9.34. The van der Waals surface area contributed by atoms with Gasteiger partial charge in [-0.05, 0) is 43.3 Å². The van der Waals surface area contributed by atoms with Crippen LogP contribution in [-0.2, 0) is 10.0 Å². The molecule has 0 saturated heterocycles. The Morgan fingerprint density at radius 1 is 1.15 bits per heavy atom. The number of hydrogen-bond donors (Lipinski definition) is 2. The molecule has 0 atom stereocenters. The predicted molar refractivity (Wildman–Crippen MR) is 98.7 cm³/mol. The van der Waals surface area contributed by atoms with E-state index in [2.05, 4.69) is 9.71 Å². The van der Waals surface area contributed by atoms with E-state index in [1.54, 1.807) is 36.5 Å². The number of amides is 1. The lowest BCUT2D eigenvalue weighted by molar-refractivity contribution is 0.100. The van der Waals surface area contributed by atoms with Gasteiger partial charge in [-0.25, -0.2) is 8.42 Å². The van der Waals surface area contributed by atoms with Crippen molar-refractivity contribution in [2.45, 2.75) is 11.8 Å². The van der Waals surface area contributed by atoms with Gasteiger partial charge in [-0.2, -0.15) is 0 Å². The second kappa shape index (κ2) is 7.01. The fourth-order valence-electron chi connectivity index (χ4n) is 2.61. The summed E-state index contributed by atoms with van der Waals surface area (Å²) in [5, 5.41) is 0.419. The van der Waals surface area contributed by atoms with E-state index in [1.165, 1.54) is 18.2 Å². The third kappa shape index (κ3) is 3.31. The molecule has 0 spiro atoms. The first-order valence-electron chi connectivity index (χ1n) is 7.86. The maximum atomic E-state index is 12.9. The maximum Gasteiger partial charge on any atom is 0.262 e. The molecule has 134 valence electrons. The summed E-state index contributed by atoms with van der Waals surface area (Å²) in [6.45, 7) is 2.27. The monoisotopic (exact) mass is 371 g/mol. The van der Waals surface area contributed by atoms with Crippen molar-refractivity contribution < 1.29 is 17.9 Å². The normalized spacial score (nSPS) is 11.3. The fourth-order valence-corrected chi connectivity index (χ4v) is 3.89. The van der Waals surface area contributed by atoms with Gasteiger partial charge in [0.1, 0.15) is 11.3 Å². The number of fused-ring (bicyclic) bond motifs is 1. The van der Waals surface area contributed by atoms with Gasteiger partial charge in [0.05, 0.1) is 22.8 Å². The number of ether oxygens (including phenoxy) is 1. The first kappa shape index (κ1) is 17.7. The lowest BCUT2D eigenvalue weighted by Gasteiger charge is -2.14. The summed E-state index contributed by atoms with van der Waals surface area (Å²) in [6, 6.07) is 12.5. The van der Waals surface area contributed by atoms with Gasteiger partial charge in [0.25, 0.3) is 15.9 Å². The molecule has 0 radical (unpaired) electrons. The van der Waals surface area contributed by atoms with Gasteiger partial charge in [0, 0.05) is 11.6 Å². The molecule has 0 bridgehead atoms. The number of para-hydroxylation sites is 1. The van der Waals surface area contributed by atoms with Crippen molar-refractivity contribution in [2.24, 2.45) is 5.73 Å². The number of aromatic nitrogens is 1. The number of anilines is 1. The molecule has 0 aliphatic carbocycles. The van der Waals surface area contributed by atoms with E-state index in [0.717, 1.165) is 0 Å². The molecule has 26 heavy (non-hydrogen) atoms. The predicted octanol–water partition coefficient (Wildman–Crippen LogP) is 2.53. The SMILES string of the molecule is CCOc1ccc(S(=O)(=O)Nc2ccccc2C(N)=O)c2cccnc12. The van der Waals surface area contributed by atoms with Crippen molar-refractivity contribution in [2.75, 3.05) is 11.3 Å². The zero-order valence-electron chi connectivity index (χ0n) is 14.0. The zero-order chi connectivity index (χ0) is 18.7. The third-order valence-electron chi connectivity index (χ3n) is 3.72. The van der Waals surface area contributed by atoms with Gasteiger partial charge in [-0.1, -0.05) is 12.1 Å². The van der Waals surface area contributed by atoms with Gasteiger partial charge in [-0.15, -0.1) is 0 Å². The van der Waals surface area contributed by atoms with Crippen LogP contribution in [0.2, 0.25) is 0 Å². The Bertz CT molecular complexity index is 1080. The second-order valence-corrected chi connectivity index (χ2v) is 7.06. The largest absolute Gasteiger partial charge is 0.492 e. The number of carbonyl (C=O) groups excluding carboxylic acids is 1. The summed E-state index contributed by atoms with van der Waals surface area (Å²) in [4.78, 5) is 15.8. The van der Waals surface area contributed by atoms with Crippen LogP contribution >= 0.6 is 0 Å². The summed E-state index contributed by atoms with van der Waals surface area (Å²) in [6.07, 6.45) is 1.57. The van der Waals surface area contributed by atoms with E-state index in [1.807, 2.05) is 6.92 Å². The molecule has 3 aromatic rings. The topological polar surface area (TPSA) is 111 Å². The van der Waals surface area contributed by atoms with E-state index in [4.69, 9.17) is 10.5 Å². The van der Waals surface area contributed by atoms with Crippen LogP contribution < -0.4 is 15.2 Å². The molecule has 7 nitrogen and oxygen atoms in total. The van der Waals surface area contributed by atoms with E-state index >= 15 is 0 Å². The number of primary amides is 1. The smallest absolute Gasteiger partial charge is 0.262 e. The number of benzene rings is 2. The number of nitrogens with zero attached hydrogens (tertiary/aromatic N) is 1. The van der Waals surface area contributed by atoms with Crippen LogP contribution in [0.3, 0.4) is 0 Å². The summed E-state index contributed by atoms with van der Waals surface area (Å²) in [5.74, 6) is -0.221. The molecular weight excluding hydrogens is 354 g/mol. The number of nitrogens with two attached hydrogens (primary N) is 1. The molecule has 3 N–H and O–H groups in total. The van der Waals surface area contributed by atoms with Crippen molar-refractivity contribution >= 4 is 32.5 Å².